The summed E-state index contributed by atoms with van der Waals surface area (Å²) in [5.41, 5.74) is 0. The average molecular weight is 437 g/mol. The number of likely N-dealkylation sites (tertiary alicyclic amines) is 1. The summed E-state index contributed by atoms with van der Waals surface area (Å²) < 4.78 is 0. The molecule has 1 saturated carbocycles. The number of nitrogens with one attached hydrogen (secondary N) is 1. The van der Waals surface area contributed by atoms with Gasteiger partial charge >= 0.3 is 18.0 Å². The Morgan fingerprint density at radius 1 is 1.00 bits per heavy atom. The van der Waals surface area contributed by atoms with Crippen molar-refractivity contribution in [3.05, 3.63) is 0 Å². The lowest BCUT2D eigenvalue weighted by Crippen LogP contribution is -2.44. The van der Waals surface area contributed by atoms with Crippen molar-refractivity contribution in [2.45, 2.75) is 57.0 Å². The number of hydrogen-bond donors (Lipinski definition) is 3. The molecule has 1 aliphatic carbocycles. The van der Waals surface area contributed by atoms with Gasteiger partial charge in [0.2, 0.25) is 5.91 Å². The quantitative estimate of drug-likeness (QED) is 0.396. The number of rotatable bonds is 6. The molecule has 3 N–H and O–H groups in total. The topological polar surface area (TPSA) is 154 Å². The zero-order valence-corrected chi connectivity index (χ0v) is 17.7. The first kappa shape index (κ1) is 24.4. The number of carbonyl (C=O) groups excluding carboxylic acids is 2. The molecule has 1 atom stereocenters. The number of carbonyl (C=O) groups is 4. The molecule has 3 amide bonds. The van der Waals surface area contributed by atoms with E-state index in [9.17, 15) is 9.59 Å². The van der Waals surface area contributed by atoms with Gasteiger partial charge in [-0.05, 0) is 25.7 Å². The van der Waals surface area contributed by atoms with E-state index in [1.165, 1.54) is 19.3 Å². The lowest BCUT2D eigenvalue weighted by Gasteiger charge is -2.30. The number of carboxylic acid groups (broad SMARTS) is 2. The highest BCUT2D eigenvalue weighted by atomic mass is 16.4. The van der Waals surface area contributed by atoms with Gasteiger partial charge in [-0.15, -0.1) is 0 Å². The highest BCUT2D eigenvalue weighted by Gasteiger charge is 2.34. The highest BCUT2D eigenvalue weighted by molar-refractivity contribution is 6.27. The zero-order valence-electron chi connectivity index (χ0n) is 17.7. The van der Waals surface area contributed by atoms with E-state index in [1.807, 2.05) is 9.80 Å². The Morgan fingerprint density at radius 3 is 2.29 bits per heavy atom. The molecule has 0 radical (unpaired) electrons. The minimum atomic E-state index is -1.82. The summed E-state index contributed by atoms with van der Waals surface area (Å²) >= 11 is 0. The Balaban J connectivity index is 0.000000501. The Hall–Kier alpha value is -2.87. The van der Waals surface area contributed by atoms with Crippen molar-refractivity contribution in [2.24, 2.45) is 0 Å². The van der Waals surface area contributed by atoms with E-state index in [1.54, 1.807) is 4.90 Å². The Morgan fingerprint density at radius 2 is 1.68 bits per heavy atom. The second-order valence-corrected chi connectivity index (χ2v) is 7.92. The van der Waals surface area contributed by atoms with Crippen LogP contribution in [0, 0.1) is 11.3 Å². The van der Waals surface area contributed by atoms with Crippen molar-refractivity contribution >= 4 is 23.9 Å². The summed E-state index contributed by atoms with van der Waals surface area (Å²) in [4.78, 5) is 48.5. The first-order valence-electron chi connectivity index (χ1n) is 10.8. The van der Waals surface area contributed by atoms with Crippen LogP contribution in [0.15, 0.2) is 0 Å². The maximum Gasteiger partial charge on any atom is 0.414 e. The molecular formula is C20H31N5O6. The largest absolute Gasteiger partial charge is 0.473 e. The van der Waals surface area contributed by atoms with E-state index >= 15 is 0 Å². The van der Waals surface area contributed by atoms with Gasteiger partial charge in [0, 0.05) is 38.8 Å². The van der Waals surface area contributed by atoms with Crippen LogP contribution in [0.4, 0.5) is 4.79 Å². The lowest BCUT2D eigenvalue weighted by atomic mass is 9.94. The van der Waals surface area contributed by atoms with E-state index in [0.29, 0.717) is 25.7 Å². The van der Waals surface area contributed by atoms with Crippen LogP contribution in [0.25, 0.3) is 0 Å². The van der Waals surface area contributed by atoms with Gasteiger partial charge in [-0.3, -0.25) is 4.79 Å². The van der Waals surface area contributed by atoms with Crippen LogP contribution >= 0.6 is 0 Å². The van der Waals surface area contributed by atoms with Crippen molar-refractivity contribution in [2.75, 3.05) is 39.3 Å². The molecule has 3 fully saturated rings. The van der Waals surface area contributed by atoms with E-state index in [0.717, 1.165) is 38.8 Å². The number of hydrogen-bond acceptors (Lipinski definition) is 6. The molecule has 0 spiro atoms. The number of carboxylic acids is 2. The second kappa shape index (κ2) is 12.1. The monoisotopic (exact) mass is 437 g/mol. The minimum absolute atomic E-state index is 0.0133. The van der Waals surface area contributed by atoms with Crippen LogP contribution < -0.4 is 5.32 Å². The lowest BCUT2D eigenvalue weighted by molar-refractivity contribution is -0.159. The highest BCUT2D eigenvalue weighted by Crippen LogP contribution is 2.25. The third kappa shape index (κ3) is 7.10. The van der Waals surface area contributed by atoms with Gasteiger partial charge in [0.25, 0.3) is 0 Å². The molecule has 2 heterocycles. The number of urea groups is 1. The summed E-state index contributed by atoms with van der Waals surface area (Å²) in [6.07, 6.45) is 7.73. The second-order valence-electron chi connectivity index (χ2n) is 7.92. The van der Waals surface area contributed by atoms with E-state index < -0.39 is 11.9 Å². The summed E-state index contributed by atoms with van der Waals surface area (Å²) in [6.45, 7) is 3.79. The fraction of sp³-hybridized carbons (Fsp3) is 0.750. The molecule has 31 heavy (non-hydrogen) atoms. The fourth-order valence-corrected chi connectivity index (χ4v) is 4.25. The van der Waals surface area contributed by atoms with E-state index in [-0.39, 0.29) is 24.5 Å². The number of nitriles is 1. The van der Waals surface area contributed by atoms with Crippen molar-refractivity contribution < 1.29 is 29.4 Å². The fourth-order valence-electron chi connectivity index (χ4n) is 4.25. The predicted molar refractivity (Wildman–Crippen MR) is 109 cm³/mol. The number of aliphatic carboxylic acids is 2. The van der Waals surface area contributed by atoms with Gasteiger partial charge in [-0.25, -0.2) is 14.4 Å². The maximum atomic E-state index is 12.5. The van der Waals surface area contributed by atoms with Crippen LogP contribution in [0.5, 0.6) is 0 Å². The van der Waals surface area contributed by atoms with Crippen molar-refractivity contribution in [1.29, 1.82) is 5.26 Å². The molecule has 11 nitrogen and oxygen atoms in total. The molecule has 0 aromatic heterocycles. The Labute approximate surface area is 181 Å². The van der Waals surface area contributed by atoms with Crippen LogP contribution in [-0.4, -0.2) is 100 Å². The van der Waals surface area contributed by atoms with E-state index in [4.69, 9.17) is 25.1 Å². The smallest absolute Gasteiger partial charge is 0.414 e. The van der Waals surface area contributed by atoms with Gasteiger partial charge in [-0.2, -0.15) is 5.26 Å². The number of nitrogens with zero attached hydrogens (tertiary/aromatic N) is 4. The predicted octanol–water partition coefficient (Wildman–Crippen LogP) is 0.316. The van der Waals surface area contributed by atoms with Crippen LogP contribution in [0.2, 0.25) is 0 Å². The first-order chi connectivity index (χ1) is 14.8. The minimum Gasteiger partial charge on any atom is -0.473 e. The van der Waals surface area contributed by atoms with Gasteiger partial charge < -0.3 is 30.2 Å². The molecule has 0 unspecified atom stereocenters. The maximum absolute atomic E-state index is 12.5. The molecule has 0 bridgehead atoms. The summed E-state index contributed by atoms with van der Waals surface area (Å²) in [5, 5.41) is 27.0. The van der Waals surface area contributed by atoms with Crippen LogP contribution in [0.3, 0.4) is 0 Å². The Kier molecular flexibility index (Phi) is 9.52. The average Bonchev–Trinajstić information content (AvgIpc) is 3.39. The Bertz CT molecular complexity index is 691. The SMILES string of the molecule is N#C[C@@H]1CCCN1C(=O)CNCCN1CCN(C2CCCCC2)C1=O.O=C(O)C(=O)O. The van der Waals surface area contributed by atoms with Crippen molar-refractivity contribution in [3.8, 4) is 6.07 Å². The van der Waals surface area contributed by atoms with Gasteiger partial charge in [0.05, 0.1) is 12.6 Å². The summed E-state index contributed by atoms with van der Waals surface area (Å²) in [6, 6.07) is 2.51. The molecule has 11 heteroatoms. The third-order valence-corrected chi connectivity index (χ3v) is 5.88. The van der Waals surface area contributed by atoms with Crippen molar-refractivity contribution in [3.63, 3.8) is 0 Å². The normalized spacial score (nSPS) is 21.5. The zero-order chi connectivity index (χ0) is 22.8. The van der Waals surface area contributed by atoms with Gasteiger partial charge in [-0.1, -0.05) is 19.3 Å². The molecule has 2 aliphatic heterocycles. The van der Waals surface area contributed by atoms with E-state index in [2.05, 4.69) is 11.4 Å². The molecule has 0 aromatic carbocycles. The summed E-state index contributed by atoms with van der Waals surface area (Å²) in [5.74, 6) is -3.66. The third-order valence-electron chi connectivity index (χ3n) is 5.88. The summed E-state index contributed by atoms with van der Waals surface area (Å²) in [7, 11) is 0. The molecular weight excluding hydrogens is 406 g/mol. The van der Waals surface area contributed by atoms with Gasteiger partial charge in [0.15, 0.2) is 0 Å². The first-order valence-corrected chi connectivity index (χ1v) is 10.8. The van der Waals surface area contributed by atoms with Gasteiger partial charge in [0.1, 0.15) is 6.04 Å². The molecule has 3 rings (SSSR count). The van der Waals surface area contributed by atoms with Crippen LogP contribution in [-0.2, 0) is 14.4 Å². The van der Waals surface area contributed by atoms with Crippen molar-refractivity contribution in [1.82, 2.24) is 20.0 Å². The molecule has 172 valence electrons. The molecule has 2 saturated heterocycles. The molecule has 3 aliphatic rings. The standard InChI is InChI=1S/C18H29N5O2.C2H2O4/c19-13-16-7-4-9-22(16)17(24)14-20-8-10-21-11-12-23(18(21)25)15-5-2-1-3-6-15;3-1(4)2(5)6/h15-16,20H,1-12,14H2;(H,3,4)(H,5,6)/t16-;/m0./s1. The number of amides is 3. The van der Waals surface area contributed by atoms with Crippen LogP contribution in [0.1, 0.15) is 44.9 Å². The molecule has 0 aromatic rings.